The van der Waals surface area contributed by atoms with Crippen LogP contribution in [-0.4, -0.2) is 47.0 Å². The number of hydrogen-bond acceptors (Lipinski definition) is 4. The van der Waals surface area contributed by atoms with E-state index in [1.165, 1.54) is 18.9 Å². The number of aromatic nitrogens is 2. The van der Waals surface area contributed by atoms with Crippen LogP contribution in [0.2, 0.25) is 0 Å². The van der Waals surface area contributed by atoms with E-state index < -0.39 is 0 Å². The molecule has 0 spiro atoms. The molecular weight excluding hydrogens is 391 g/mol. The Morgan fingerprint density at radius 2 is 1.90 bits per heavy atom. The van der Waals surface area contributed by atoms with Crippen LogP contribution in [0.3, 0.4) is 0 Å². The van der Waals surface area contributed by atoms with E-state index in [2.05, 4.69) is 21.7 Å². The van der Waals surface area contributed by atoms with Crippen LogP contribution in [0.15, 0.2) is 24.3 Å². The van der Waals surface area contributed by atoms with Crippen molar-refractivity contribution in [1.82, 2.24) is 14.9 Å². The molecule has 1 aliphatic heterocycles. The van der Waals surface area contributed by atoms with Crippen LogP contribution in [0, 0.1) is 18.7 Å². The molecule has 5 nitrogen and oxygen atoms in total. The average Bonchev–Trinajstić information content (AvgIpc) is 3.19. The summed E-state index contributed by atoms with van der Waals surface area (Å²) in [5.74, 6) is 2.05. The number of amides is 1. The number of carbonyl (C=O) groups excluding carboxylic acids is 1. The number of rotatable bonds is 5. The maximum atomic E-state index is 13.8. The number of halogens is 1. The highest BCUT2D eigenvalue weighted by Crippen LogP contribution is 2.29. The third kappa shape index (κ3) is 5.05. The first-order valence-corrected chi connectivity index (χ1v) is 11.7. The molecule has 4 rings (SSSR count). The van der Waals surface area contributed by atoms with Gasteiger partial charge in [-0.25, -0.2) is 14.4 Å². The Labute approximate surface area is 184 Å². The van der Waals surface area contributed by atoms with Crippen molar-refractivity contribution in [2.45, 2.75) is 58.8 Å². The summed E-state index contributed by atoms with van der Waals surface area (Å²) < 4.78 is 13.8. The molecule has 1 saturated carbocycles. The summed E-state index contributed by atoms with van der Waals surface area (Å²) >= 11 is 0. The number of nitrogens with zero attached hydrogens (tertiary/aromatic N) is 4. The van der Waals surface area contributed by atoms with Gasteiger partial charge in [0.2, 0.25) is 5.91 Å². The van der Waals surface area contributed by atoms with Crippen molar-refractivity contribution in [3.63, 3.8) is 0 Å². The summed E-state index contributed by atoms with van der Waals surface area (Å²) in [6.07, 6.45) is 6.80. The molecule has 1 aliphatic carbocycles. The molecule has 2 heterocycles. The third-order valence-electron chi connectivity index (χ3n) is 6.60. The highest BCUT2D eigenvalue weighted by Gasteiger charge is 2.29. The van der Waals surface area contributed by atoms with Crippen LogP contribution in [0.1, 0.15) is 61.7 Å². The first-order valence-electron chi connectivity index (χ1n) is 11.7. The molecule has 1 amide bonds. The first-order chi connectivity index (χ1) is 15.0. The van der Waals surface area contributed by atoms with E-state index in [0.717, 1.165) is 80.3 Å². The fourth-order valence-electron chi connectivity index (χ4n) is 5.00. The van der Waals surface area contributed by atoms with E-state index in [9.17, 15) is 9.18 Å². The van der Waals surface area contributed by atoms with Crippen LogP contribution in [-0.2, 0) is 17.6 Å². The predicted octanol–water partition coefficient (Wildman–Crippen LogP) is 4.31. The topological polar surface area (TPSA) is 49.3 Å². The summed E-state index contributed by atoms with van der Waals surface area (Å²) in [6, 6.07) is 6.77. The van der Waals surface area contributed by atoms with Gasteiger partial charge in [0.25, 0.3) is 0 Å². The van der Waals surface area contributed by atoms with Crippen LogP contribution >= 0.6 is 0 Å². The van der Waals surface area contributed by atoms with Gasteiger partial charge in [-0.15, -0.1) is 0 Å². The van der Waals surface area contributed by atoms with Crippen molar-refractivity contribution in [3.8, 4) is 0 Å². The van der Waals surface area contributed by atoms with E-state index in [1.54, 1.807) is 12.1 Å². The van der Waals surface area contributed by atoms with Gasteiger partial charge in [0.05, 0.1) is 0 Å². The number of benzene rings is 1. The minimum atomic E-state index is -0.221. The van der Waals surface area contributed by atoms with Crippen LogP contribution < -0.4 is 4.90 Å². The van der Waals surface area contributed by atoms with E-state index >= 15 is 0 Å². The van der Waals surface area contributed by atoms with Gasteiger partial charge in [-0.3, -0.25) is 4.79 Å². The van der Waals surface area contributed by atoms with E-state index in [0.29, 0.717) is 12.3 Å². The fraction of sp³-hybridized carbons (Fsp3) is 0.560. The number of hydrogen-bond donors (Lipinski definition) is 0. The minimum Gasteiger partial charge on any atom is -0.354 e. The standard InChI is InChI=1S/C25H33FN4O/c1-3-23-22(17-19-8-6-11-21(26)16-19)24(28-18(2)27-23)29-12-7-13-30(15-14-29)25(31)20-9-4-5-10-20/h6,8,11,16,20H,3-5,7,9-10,12-15,17H2,1-2H3. The van der Waals surface area contributed by atoms with Gasteiger partial charge in [0.1, 0.15) is 17.5 Å². The summed E-state index contributed by atoms with van der Waals surface area (Å²) in [4.78, 5) is 26.8. The van der Waals surface area contributed by atoms with Gasteiger partial charge in [0.15, 0.2) is 0 Å². The molecule has 2 fully saturated rings. The molecule has 166 valence electrons. The monoisotopic (exact) mass is 424 g/mol. The molecule has 1 aromatic heterocycles. The van der Waals surface area contributed by atoms with Crippen molar-refractivity contribution in [1.29, 1.82) is 0 Å². The molecule has 6 heteroatoms. The second kappa shape index (κ2) is 9.75. The van der Waals surface area contributed by atoms with Crippen molar-refractivity contribution in [2.75, 3.05) is 31.1 Å². The first kappa shape index (κ1) is 21.7. The van der Waals surface area contributed by atoms with Crippen molar-refractivity contribution in [3.05, 3.63) is 52.7 Å². The largest absolute Gasteiger partial charge is 0.354 e. The predicted molar refractivity (Wildman–Crippen MR) is 121 cm³/mol. The number of aryl methyl sites for hydroxylation is 2. The highest BCUT2D eigenvalue weighted by molar-refractivity contribution is 5.79. The molecule has 0 radical (unpaired) electrons. The molecule has 1 saturated heterocycles. The maximum Gasteiger partial charge on any atom is 0.225 e. The summed E-state index contributed by atoms with van der Waals surface area (Å²) in [5.41, 5.74) is 3.03. The molecule has 2 aromatic rings. The molecule has 1 aromatic carbocycles. The third-order valence-corrected chi connectivity index (χ3v) is 6.60. The summed E-state index contributed by atoms with van der Waals surface area (Å²) in [7, 11) is 0. The zero-order chi connectivity index (χ0) is 21.8. The lowest BCUT2D eigenvalue weighted by molar-refractivity contribution is -0.135. The molecule has 0 unspecified atom stereocenters. The van der Waals surface area contributed by atoms with Gasteiger partial charge < -0.3 is 9.80 Å². The van der Waals surface area contributed by atoms with E-state index in [1.807, 2.05) is 13.0 Å². The zero-order valence-corrected chi connectivity index (χ0v) is 18.7. The Hall–Kier alpha value is -2.50. The quantitative estimate of drug-likeness (QED) is 0.718. The van der Waals surface area contributed by atoms with Crippen LogP contribution in [0.4, 0.5) is 10.2 Å². The molecule has 0 N–H and O–H groups in total. The summed E-state index contributed by atoms with van der Waals surface area (Å²) in [5, 5.41) is 0. The Balaban J connectivity index is 1.57. The highest BCUT2D eigenvalue weighted by atomic mass is 19.1. The van der Waals surface area contributed by atoms with Gasteiger partial charge >= 0.3 is 0 Å². The summed E-state index contributed by atoms with van der Waals surface area (Å²) in [6.45, 7) is 7.22. The van der Waals surface area contributed by atoms with Gasteiger partial charge in [0, 0.05) is 49.8 Å². The van der Waals surface area contributed by atoms with Crippen molar-refractivity contribution in [2.24, 2.45) is 5.92 Å². The van der Waals surface area contributed by atoms with E-state index in [4.69, 9.17) is 4.98 Å². The van der Waals surface area contributed by atoms with E-state index in [-0.39, 0.29) is 11.7 Å². The van der Waals surface area contributed by atoms with Gasteiger partial charge in [-0.1, -0.05) is 31.9 Å². The number of carbonyl (C=O) groups is 1. The lowest BCUT2D eigenvalue weighted by Gasteiger charge is -2.27. The molecule has 2 aliphatic rings. The average molecular weight is 425 g/mol. The minimum absolute atomic E-state index is 0.221. The lowest BCUT2D eigenvalue weighted by Crippen LogP contribution is -2.38. The maximum absolute atomic E-state index is 13.8. The van der Waals surface area contributed by atoms with Crippen LogP contribution in [0.5, 0.6) is 0 Å². The molecule has 0 bridgehead atoms. The second-order valence-electron chi connectivity index (χ2n) is 8.83. The Kier molecular flexibility index (Phi) is 6.83. The number of anilines is 1. The molecular formula is C25H33FN4O. The SMILES string of the molecule is CCc1nc(C)nc(N2CCCN(C(=O)C3CCCC3)CC2)c1Cc1cccc(F)c1. The van der Waals surface area contributed by atoms with Crippen molar-refractivity contribution < 1.29 is 9.18 Å². The smallest absolute Gasteiger partial charge is 0.225 e. The zero-order valence-electron chi connectivity index (χ0n) is 18.7. The Morgan fingerprint density at radius 3 is 2.65 bits per heavy atom. The lowest BCUT2D eigenvalue weighted by atomic mass is 10.0. The molecule has 0 atom stereocenters. The van der Waals surface area contributed by atoms with Crippen LogP contribution in [0.25, 0.3) is 0 Å². The van der Waals surface area contributed by atoms with Gasteiger partial charge in [-0.05, 0) is 50.3 Å². The molecule has 31 heavy (non-hydrogen) atoms. The van der Waals surface area contributed by atoms with Crippen molar-refractivity contribution >= 4 is 11.7 Å². The fourth-order valence-corrected chi connectivity index (χ4v) is 5.00. The Morgan fingerprint density at radius 1 is 1.10 bits per heavy atom. The second-order valence-corrected chi connectivity index (χ2v) is 8.83. The normalized spacial score (nSPS) is 17.8. The van der Waals surface area contributed by atoms with Gasteiger partial charge in [-0.2, -0.15) is 0 Å². The Bertz CT molecular complexity index is 926.